The molecule has 1 aromatic rings. The molecule has 2 fully saturated rings. The van der Waals surface area contributed by atoms with Crippen molar-refractivity contribution >= 4 is 11.8 Å². The van der Waals surface area contributed by atoms with Crippen LogP contribution in [0.1, 0.15) is 38.3 Å². The molecule has 0 aromatic carbocycles. The van der Waals surface area contributed by atoms with E-state index in [4.69, 9.17) is 4.74 Å². The number of nitrogens with zero attached hydrogens (tertiary/aromatic N) is 3. The van der Waals surface area contributed by atoms with Gasteiger partial charge in [-0.3, -0.25) is 14.6 Å². The van der Waals surface area contributed by atoms with Gasteiger partial charge in [-0.15, -0.1) is 0 Å². The number of hydrogen-bond donors (Lipinski definition) is 0. The number of piperidine rings is 2. The summed E-state index contributed by atoms with van der Waals surface area (Å²) in [5.41, 5.74) is 0.927. The Bertz CT molecular complexity index is 607. The first-order chi connectivity index (χ1) is 12.1. The third kappa shape index (κ3) is 4.37. The standard InChI is InChI=1S/C19H27N3O3/c1-2-25-13-18(24)21-11-5-8-19(14-21)9-7-17(23)22(15-19)12-16-6-3-4-10-20-16/h3-4,6,10H,2,5,7-9,11-15H2,1H3/t19-/m0/s1. The smallest absolute Gasteiger partial charge is 0.248 e. The van der Waals surface area contributed by atoms with Crippen molar-refractivity contribution in [3.63, 3.8) is 0 Å². The average molecular weight is 345 g/mol. The van der Waals surface area contributed by atoms with Gasteiger partial charge in [-0.2, -0.15) is 0 Å². The molecule has 6 heteroatoms. The van der Waals surface area contributed by atoms with Crippen LogP contribution in [-0.2, 0) is 20.9 Å². The number of ether oxygens (including phenoxy) is 1. The zero-order valence-corrected chi connectivity index (χ0v) is 14.9. The lowest BCUT2D eigenvalue weighted by Gasteiger charge is -2.48. The van der Waals surface area contributed by atoms with Crippen LogP contribution in [0.3, 0.4) is 0 Å². The van der Waals surface area contributed by atoms with Crippen molar-refractivity contribution in [1.29, 1.82) is 0 Å². The Morgan fingerprint density at radius 2 is 2.20 bits per heavy atom. The molecule has 0 N–H and O–H groups in total. The van der Waals surface area contributed by atoms with Gasteiger partial charge in [0.05, 0.1) is 12.2 Å². The Kier molecular flexibility index (Phi) is 5.68. The number of hydrogen-bond acceptors (Lipinski definition) is 4. The van der Waals surface area contributed by atoms with E-state index in [1.165, 1.54) is 0 Å². The zero-order chi connectivity index (χ0) is 17.7. The van der Waals surface area contributed by atoms with Gasteiger partial charge in [0.1, 0.15) is 6.61 Å². The Morgan fingerprint density at radius 3 is 2.96 bits per heavy atom. The summed E-state index contributed by atoms with van der Waals surface area (Å²) in [6, 6.07) is 5.78. The average Bonchev–Trinajstić information content (AvgIpc) is 2.64. The number of aromatic nitrogens is 1. The third-order valence-corrected chi connectivity index (χ3v) is 5.27. The van der Waals surface area contributed by atoms with Crippen molar-refractivity contribution < 1.29 is 14.3 Å². The molecule has 1 spiro atoms. The van der Waals surface area contributed by atoms with E-state index in [2.05, 4.69) is 4.98 Å². The van der Waals surface area contributed by atoms with Gasteiger partial charge >= 0.3 is 0 Å². The first kappa shape index (κ1) is 17.9. The Hall–Kier alpha value is -1.95. The second kappa shape index (κ2) is 7.95. The maximum absolute atomic E-state index is 12.4. The number of likely N-dealkylation sites (tertiary alicyclic amines) is 2. The molecule has 2 aliphatic heterocycles. The topological polar surface area (TPSA) is 62.7 Å². The van der Waals surface area contributed by atoms with Gasteiger partial charge in [0.15, 0.2) is 0 Å². The van der Waals surface area contributed by atoms with Crippen molar-refractivity contribution in [2.75, 3.05) is 32.8 Å². The molecule has 2 amide bonds. The second-order valence-corrected chi connectivity index (χ2v) is 7.13. The fraction of sp³-hybridized carbons (Fsp3) is 0.632. The van der Waals surface area contributed by atoms with Gasteiger partial charge in [0.25, 0.3) is 0 Å². The van der Waals surface area contributed by atoms with E-state index in [1.54, 1.807) is 6.20 Å². The van der Waals surface area contributed by atoms with Gasteiger partial charge in [-0.1, -0.05) is 6.07 Å². The predicted octanol–water partition coefficient (Wildman–Crippen LogP) is 1.85. The summed E-state index contributed by atoms with van der Waals surface area (Å²) in [5.74, 6) is 0.253. The summed E-state index contributed by atoms with van der Waals surface area (Å²) < 4.78 is 5.28. The van der Waals surface area contributed by atoms with Crippen LogP contribution in [0.15, 0.2) is 24.4 Å². The number of pyridine rings is 1. The van der Waals surface area contributed by atoms with Gasteiger partial charge < -0.3 is 14.5 Å². The van der Waals surface area contributed by atoms with Gasteiger partial charge in [0, 0.05) is 44.3 Å². The highest BCUT2D eigenvalue weighted by molar-refractivity contribution is 5.78. The molecule has 1 atom stereocenters. The quantitative estimate of drug-likeness (QED) is 0.817. The van der Waals surface area contributed by atoms with Crippen LogP contribution in [-0.4, -0.2) is 59.4 Å². The summed E-state index contributed by atoms with van der Waals surface area (Å²) in [7, 11) is 0. The Morgan fingerprint density at radius 1 is 1.32 bits per heavy atom. The van der Waals surface area contributed by atoms with Crippen LogP contribution < -0.4 is 0 Å². The molecule has 0 aliphatic carbocycles. The molecular formula is C19H27N3O3. The lowest BCUT2D eigenvalue weighted by atomic mass is 9.73. The van der Waals surface area contributed by atoms with Crippen LogP contribution in [0.2, 0.25) is 0 Å². The second-order valence-electron chi connectivity index (χ2n) is 7.13. The van der Waals surface area contributed by atoms with Crippen LogP contribution >= 0.6 is 0 Å². The Labute approximate surface area is 149 Å². The van der Waals surface area contributed by atoms with Crippen molar-refractivity contribution in [3.8, 4) is 0 Å². The number of amides is 2. The summed E-state index contributed by atoms with van der Waals surface area (Å²) in [6.07, 6.45) is 5.23. The fourth-order valence-electron chi connectivity index (χ4n) is 3.97. The molecule has 3 heterocycles. The summed E-state index contributed by atoms with van der Waals surface area (Å²) in [6.45, 7) is 5.38. The minimum absolute atomic E-state index is 0.0167. The van der Waals surface area contributed by atoms with Crippen LogP contribution in [0.4, 0.5) is 0 Å². The molecule has 2 saturated heterocycles. The molecule has 25 heavy (non-hydrogen) atoms. The largest absolute Gasteiger partial charge is 0.372 e. The van der Waals surface area contributed by atoms with Crippen LogP contribution in [0, 0.1) is 5.41 Å². The van der Waals surface area contributed by atoms with Crippen molar-refractivity contribution in [3.05, 3.63) is 30.1 Å². The summed E-state index contributed by atoms with van der Waals surface area (Å²) in [4.78, 5) is 32.9. The molecule has 0 bridgehead atoms. The van der Waals surface area contributed by atoms with E-state index in [9.17, 15) is 9.59 Å². The fourth-order valence-corrected chi connectivity index (χ4v) is 3.97. The maximum atomic E-state index is 12.4. The van der Waals surface area contributed by atoms with E-state index in [1.807, 2.05) is 34.9 Å². The molecule has 1 aromatic heterocycles. The maximum Gasteiger partial charge on any atom is 0.248 e. The van der Waals surface area contributed by atoms with E-state index >= 15 is 0 Å². The van der Waals surface area contributed by atoms with E-state index in [0.717, 1.165) is 38.0 Å². The van der Waals surface area contributed by atoms with E-state index < -0.39 is 0 Å². The molecular weight excluding hydrogens is 318 g/mol. The molecule has 0 saturated carbocycles. The van der Waals surface area contributed by atoms with Crippen LogP contribution in [0.5, 0.6) is 0 Å². The first-order valence-electron chi connectivity index (χ1n) is 9.15. The molecule has 136 valence electrons. The van der Waals surface area contributed by atoms with Gasteiger partial charge in [0.2, 0.25) is 11.8 Å². The Balaban J connectivity index is 1.66. The highest BCUT2D eigenvalue weighted by Gasteiger charge is 2.42. The lowest BCUT2D eigenvalue weighted by molar-refractivity contribution is -0.145. The molecule has 2 aliphatic rings. The zero-order valence-electron chi connectivity index (χ0n) is 14.9. The number of rotatable bonds is 5. The monoisotopic (exact) mass is 345 g/mol. The highest BCUT2D eigenvalue weighted by Crippen LogP contribution is 2.39. The SMILES string of the molecule is CCOCC(=O)N1CCC[C@]2(CCC(=O)N(Cc3ccccn3)C2)C1. The van der Waals surface area contributed by atoms with E-state index in [0.29, 0.717) is 26.1 Å². The first-order valence-corrected chi connectivity index (χ1v) is 9.15. The van der Waals surface area contributed by atoms with Crippen molar-refractivity contribution in [2.45, 2.75) is 39.2 Å². The highest BCUT2D eigenvalue weighted by atomic mass is 16.5. The summed E-state index contributed by atoms with van der Waals surface area (Å²) in [5, 5.41) is 0. The van der Waals surface area contributed by atoms with Crippen molar-refractivity contribution in [2.24, 2.45) is 5.41 Å². The van der Waals surface area contributed by atoms with Gasteiger partial charge in [-0.05, 0) is 38.3 Å². The number of carbonyl (C=O) groups is 2. The van der Waals surface area contributed by atoms with Crippen molar-refractivity contribution in [1.82, 2.24) is 14.8 Å². The molecule has 0 radical (unpaired) electrons. The van der Waals surface area contributed by atoms with Gasteiger partial charge in [-0.25, -0.2) is 0 Å². The molecule has 6 nitrogen and oxygen atoms in total. The van der Waals surface area contributed by atoms with E-state index in [-0.39, 0.29) is 23.8 Å². The normalized spacial score (nSPS) is 24.0. The predicted molar refractivity (Wildman–Crippen MR) is 93.6 cm³/mol. The molecule has 0 unspecified atom stereocenters. The molecule has 3 rings (SSSR count). The third-order valence-electron chi connectivity index (χ3n) is 5.27. The minimum Gasteiger partial charge on any atom is -0.372 e. The minimum atomic E-state index is 0.0167. The summed E-state index contributed by atoms with van der Waals surface area (Å²) >= 11 is 0. The number of carbonyl (C=O) groups excluding carboxylic acids is 2. The van der Waals surface area contributed by atoms with Crippen LogP contribution in [0.25, 0.3) is 0 Å². The lowest BCUT2D eigenvalue weighted by Crippen LogP contribution is -2.55.